The van der Waals surface area contributed by atoms with Gasteiger partial charge in [-0.3, -0.25) is 4.79 Å². The first-order chi connectivity index (χ1) is 10.5. The zero-order valence-corrected chi connectivity index (χ0v) is 13.7. The Balaban J connectivity index is 1.90. The van der Waals surface area contributed by atoms with Crippen LogP contribution in [-0.4, -0.2) is 27.3 Å². The Labute approximate surface area is 138 Å². The predicted molar refractivity (Wildman–Crippen MR) is 84.2 cm³/mol. The van der Waals surface area contributed by atoms with Gasteiger partial charge in [-0.05, 0) is 32.0 Å². The third-order valence-corrected chi connectivity index (χ3v) is 3.49. The average molecular weight is 343 g/mol. The molecule has 6 nitrogen and oxygen atoms in total. The maximum Gasteiger partial charge on any atom is 0.258 e. The van der Waals surface area contributed by atoms with Gasteiger partial charge in [0.2, 0.25) is 0 Å². The minimum atomic E-state index is -0.274. The van der Waals surface area contributed by atoms with E-state index in [1.54, 1.807) is 22.9 Å². The Bertz CT molecular complexity index is 660. The summed E-state index contributed by atoms with van der Waals surface area (Å²) in [4.78, 5) is 16.1. The molecule has 0 bridgehead atoms. The van der Waals surface area contributed by atoms with Crippen molar-refractivity contribution in [3.8, 4) is 5.75 Å². The van der Waals surface area contributed by atoms with E-state index in [2.05, 4.69) is 15.4 Å². The maximum atomic E-state index is 11.9. The van der Waals surface area contributed by atoms with Gasteiger partial charge in [-0.1, -0.05) is 23.2 Å². The van der Waals surface area contributed by atoms with Crippen molar-refractivity contribution in [3.05, 3.63) is 40.4 Å². The number of rotatable bonds is 6. The first-order valence-electron chi connectivity index (χ1n) is 6.76. The van der Waals surface area contributed by atoms with Gasteiger partial charge in [0, 0.05) is 11.6 Å². The van der Waals surface area contributed by atoms with E-state index in [4.69, 9.17) is 27.9 Å². The molecule has 1 aromatic carbocycles. The van der Waals surface area contributed by atoms with E-state index in [0.29, 0.717) is 28.2 Å². The molecular weight excluding hydrogens is 327 g/mol. The predicted octanol–water partition coefficient (Wildman–Crippen LogP) is 2.86. The number of carbonyl (C=O) groups is 1. The Hall–Kier alpha value is -1.79. The van der Waals surface area contributed by atoms with Crippen molar-refractivity contribution in [2.75, 3.05) is 6.61 Å². The molecule has 0 aliphatic heterocycles. The summed E-state index contributed by atoms with van der Waals surface area (Å²) in [6.45, 7) is 4.33. The molecule has 8 heteroatoms. The van der Waals surface area contributed by atoms with Crippen molar-refractivity contribution < 1.29 is 9.53 Å². The summed E-state index contributed by atoms with van der Waals surface area (Å²) in [5, 5.41) is 7.74. The fourth-order valence-electron chi connectivity index (χ4n) is 1.94. The van der Waals surface area contributed by atoms with Gasteiger partial charge in [0.05, 0.1) is 11.1 Å². The summed E-state index contributed by atoms with van der Waals surface area (Å²) >= 11 is 11.8. The van der Waals surface area contributed by atoms with E-state index in [0.717, 1.165) is 0 Å². The number of benzene rings is 1. The Morgan fingerprint density at radius 3 is 2.91 bits per heavy atom. The number of nitrogens with zero attached hydrogens (tertiary/aromatic N) is 3. The van der Waals surface area contributed by atoms with Crippen molar-refractivity contribution in [2.24, 2.45) is 0 Å². The molecule has 1 amide bonds. The zero-order valence-electron chi connectivity index (χ0n) is 12.2. The Kier molecular flexibility index (Phi) is 5.63. The van der Waals surface area contributed by atoms with Crippen LogP contribution in [0.15, 0.2) is 24.5 Å². The lowest BCUT2D eigenvalue weighted by Crippen LogP contribution is -2.32. The molecule has 2 rings (SSSR count). The lowest BCUT2D eigenvalue weighted by Gasteiger charge is -2.14. The topological polar surface area (TPSA) is 69.0 Å². The molecule has 0 aliphatic carbocycles. The van der Waals surface area contributed by atoms with Gasteiger partial charge in [-0.2, -0.15) is 5.10 Å². The molecule has 1 N–H and O–H groups in total. The number of aromatic nitrogens is 3. The third kappa shape index (κ3) is 4.11. The van der Waals surface area contributed by atoms with E-state index in [1.165, 1.54) is 6.33 Å². The molecule has 1 aromatic heterocycles. The van der Waals surface area contributed by atoms with Crippen LogP contribution in [0.2, 0.25) is 10.0 Å². The third-order valence-electron chi connectivity index (χ3n) is 2.96. The number of aryl methyl sites for hydroxylation is 1. The van der Waals surface area contributed by atoms with Crippen molar-refractivity contribution in [2.45, 2.75) is 26.4 Å². The summed E-state index contributed by atoms with van der Waals surface area (Å²) in [5.74, 6) is 0.829. The van der Waals surface area contributed by atoms with Gasteiger partial charge in [-0.25, -0.2) is 9.67 Å². The number of ether oxygens (including phenoxy) is 1. The van der Waals surface area contributed by atoms with Crippen molar-refractivity contribution in [1.82, 2.24) is 20.1 Å². The standard InChI is InChI=1S/C14H16Cl2N4O2/c1-3-20-14(17-8-18-20)9(2)19-13(21)7-22-12-5-4-10(15)6-11(12)16/h4-6,8-9H,3,7H2,1-2H3,(H,19,21)/t9-/m0/s1. The van der Waals surface area contributed by atoms with Crippen LogP contribution >= 0.6 is 23.2 Å². The largest absolute Gasteiger partial charge is 0.482 e. The fraction of sp³-hybridized carbons (Fsp3) is 0.357. The SMILES string of the molecule is CCn1ncnc1[C@H](C)NC(=O)COc1ccc(Cl)cc1Cl. The van der Waals surface area contributed by atoms with Crippen LogP contribution in [0, 0.1) is 0 Å². The number of hydrogen-bond acceptors (Lipinski definition) is 4. The molecule has 0 unspecified atom stereocenters. The summed E-state index contributed by atoms with van der Waals surface area (Å²) in [6.07, 6.45) is 1.46. The van der Waals surface area contributed by atoms with Crippen molar-refractivity contribution in [1.29, 1.82) is 0 Å². The molecular formula is C14H16Cl2N4O2. The first-order valence-corrected chi connectivity index (χ1v) is 7.51. The number of nitrogens with one attached hydrogen (secondary N) is 1. The number of carbonyl (C=O) groups excluding carboxylic acids is 1. The van der Waals surface area contributed by atoms with Gasteiger partial charge in [0.25, 0.3) is 5.91 Å². The molecule has 0 radical (unpaired) electrons. The number of hydrogen-bond donors (Lipinski definition) is 1. The molecule has 2 aromatic rings. The maximum absolute atomic E-state index is 11.9. The van der Waals surface area contributed by atoms with Gasteiger partial charge in [0.1, 0.15) is 17.9 Å². The van der Waals surface area contributed by atoms with Crippen LogP contribution < -0.4 is 10.1 Å². The highest BCUT2D eigenvalue weighted by molar-refractivity contribution is 6.35. The quantitative estimate of drug-likeness (QED) is 0.876. The highest BCUT2D eigenvalue weighted by Crippen LogP contribution is 2.27. The summed E-state index contributed by atoms with van der Waals surface area (Å²) in [6, 6.07) is 4.56. The normalized spacial score (nSPS) is 12.0. The molecule has 0 spiro atoms. The minimum Gasteiger partial charge on any atom is -0.482 e. The average Bonchev–Trinajstić information content (AvgIpc) is 2.94. The molecule has 1 atom stereocenters. The van der Waals surface area contributed by atoms with E-state index >= 15 is 0 Å². The minimum absolute atomic E-state index is 0.147. The molecule has 118 valence electrons. The smallest absolute Gasteiger partial charge is 0.258 e. The first kappa shape index (κ1) is 16.6. The summed E-state index contributed by atoms with van der Waals surface area (Å²) in [7, 11) is 0. The Morgan fingerprint density at radius 1 is 1.45 bits per heavy atom. The summed E-state index contributed by atoms with van der Waals surface area (Å²) < 4.78 is 7.11. The van der Waals surface area contributed by atoms with E-state index in [1.807, 2.05) is 13.8 Å². The highest BCUT2D eigenvalue weighted by atomic mass is 35.5. The van der Waals surface area contributed by atoms with Crippen LogP contribution in [0.4, 0.5) is 0 Å². The molecule has 1 heterocycles. The lowest BCUT2D eigenvalue weighted by molar-refractivity contribution is -0.123. The monoisotopic (exact) mass is 342 g/mol. The molecule has 0 saturated heterocycles. The second kappa shape index (κ2) is 7.47. The Morgan fingerprint density at radius 2 is 2.23 bits per heavy atom. The van der Waals surface area contributed by atoms with Gasteiger partial charge in [0.15, 0.2) is 6.61 Å². The molecule has 0 aliphatic rings. The van der Waals surface area contributed by atoms with Crippen molar-refractivity contribution in [3.63, 3.8) is 0 Å². The van der Waals surface area contributed by atoms with E-state index in [9.17, 15) is 4.79 Å². The van der Waals surface area contributed by atoms with E-state index in [-0.39, 0.29) is 18.6 Å². The zero-order chi connectivity index (χ0) is 16.1. The van der Waals surface area contributed by atoms with Crippen LogP contribution in [0.25, 0.3) is 0 Å². The van der Waals surface area contributed by atoms with Crippen LogP contribution in [0.1, 0.15) is 25.7 Å². The molecule has 22 heavy (non-hydrogen) atoms. The molecule has 0 fully saturated rings. The number of halogens is 2. The summed E-state index contributed by atoms with van der Waals surface area (Å²) in [5.41, 5.74) is 0. The molecule has 0 saturated carbocycles. The lowest BCUT2D eigenvalue weighted by atomic mass is 10.3. The fourth-order valence-corrected chi connectivity index (χ4v) is 2.40. The van der Waals surface area contributed by atoms with E-state index < -0.39 is 0 Å². The van der Waals surface area contributed by atoms with Gasteiger partial charge in [-0.15, -0.1) is 0 Å². The second-order valence-corrected chi connectivity index (χ2v) is 5.43. The second-order valence-electron chi connectivity index (χ2n) is 4.59. The van der Waals surface area contributed by atoms with Gasteiger partial charge < -0.3 is 10.1 Å². The highest BCUT2D eigenvalue weighted by Gasteiger charge is 2.15. The van der Waals surface area contributed by atoms with Crippen LogP contribution in [0.5, 0.6) is 5.75 Å². The van der Waals surface area contributed by atoms with Crippen LogP contribution in [-0.2, 0) is 11.3 Å². The van der Waals surface area contributed by atoms with Gasteiger partial charge >= 0.3 is 0 Å². The number of amides is 1. The van der Waals surface area contributed by atoms with Crippen LogP contribution in [0.3, 0.4) is 0 Å². The van der Waals surface area contributed by atoms with Crippen molar-refractivity contribution >= 4 is 29.1 Å².